The van der Waals surface area contributed by atoms with Crippen molar-refractivity contribution in [2.45, 2.75) is 18.3 Å². The average molecular weight is 216 g/mol. The highest BCUT2D eigenvalue weighted by atomic mass is 16.3. The molecule has 5 heteroatoms. The molecule has 0 radical (unpaired) electrons. The van der Waals surface area contributed by atoms with Crippen LogP contribution < -0.4 is 5.73 Å². The van der Waals surface area contributed by atoms with Gasteiger partial charge in [0, 0.05) is 0 Å². The van der Waals surface area contributed by atoms with E-state index in [9.17, 15) is 5.11 Å². The Balaban J connectivity index is 2.06. The van der Waals surface area contributed by atoms with Crippen LogP contribution in [0.2, 0.25) is 0 Å². The summed E-state index contributed by atoms with van der Waals surface area (Å²) in [6.07, 6.45) is 2.01. The first kappa shape index (κ1) is 9.21. The van der Waals surface area contributed by atoms with Crippen LogP contribution >= 0.6 is 0 Å². The molecule has 16 heavy (non-hydrogen) atoms. The van der Waals surface area contributed by atoms with Crippen molar-refractivity contribution in [3.05, 3.63) is 35.7 Å². The number of aromatic amines is 1. The lowest BCUT2D eigenvalue weighted by atomic mass is 9.95. The number of nitrogens with one attached hydrogen (secondary N) is 1. The number of rotatable bonds is 2. The van der Waals surface area contributed by atoms with Gasteiger partial charge in [0.1, 0.15) is 11.6 Å². The lowest BCUT2D eigenvalue weighted by Crippen LogP contribution is -2.10. The monoisotopic (exact) mass is 216 g/mol. The topological polar surface area (TPSA) is 87.8 Å². The second-order valence-corrected chi connectivity index (χ2v) is 4.17. The summed E-state index contributed by atoms with van der Waals surface area (Å²) >= 11 is 0. The van der Waals surface area contributed by atoms with E-state index in [2.05, 4.69) is 15.2 Å². The molecular formula is C11H12N4O. The average Bonchev–Trinajstić information content (AvgIpc) is 2.97. The molecule has 5 nitrogen and oxygen atoms in total. The second kappa shape index (κ2) is 2.98. The van der Waals surface area contributed by atoms with Crippen molar-refractivity contribution in [1.29, 1.82) is 0 Å². The van der Waals surface area contributed by atoms with Gasteiger partial charge in [0.25, 0.3) is 0 Å². The number of benzene rings is 1. The maximum Gasteiger partial charge on any atom is 0.239 e. The van der Waals surface area contributed by atoms with Crippen molar-refractivity contribution in [3.8, 4) is 5.75 Å². The summed E-state index contributed by atoms with van der Waals surface area (Å²) < 4.78 is 0. The summed E-state index contributed by atoms with van der Waals surface area (Å²) in [6, 6.07) is 7.26. The lowest BCUT2D eigenvalue weighted by Gasteiger charge is -2.12. The fourth-order valence-electron chi connectivity index (χ4n) is 2.08. The van der Waals surface area contributed by atoms with Crippen molar-refractivity contribution in [2.75, 3.05) is 5.73 Å². The molecule has 1 fully saturated rings. The Bertz CT molecular complexity index is 530. The zero-order valence-electron chi connectivity index (χ0n) is 8.64. The van der Waals surface area contributed by atoms with Crippen molar-refractivity contribution < 1.29 is 5.11 Å². The van der Waals surface area contributed by atoms with E-state index in [0.717, 1.165) is 24.2 Å². The van der Waals surface area contributed by atoms with E-state index >= 15 is 0 Å². The maximum atomic E-state index is 9.49. The molecule has 0 aliphatic heterocycles. The SMILES string of the molecule is Nc1n[nH]c(C2(c3cccc(O)c3)CC2)n1. The number of H-pyrrole nitrogens is 1. The molecular weight excluding hydrogens is 204 g/mol. The molecule has 2 aromatic rings. The predicted molar refractivity (Wildman–Crippen MR) is 58.9 cm³/mol. The van der Waals surface area contributed by atoms with Crippen LogP contribution in [-0.4, -0.2) is 20.3 Å². The summed E-state index contributed by atoms with van der Waals surface area (Å²) in [4.78, 5) is 4.18. The fourth-order valence-corrected chi connectivity index (χ4v) is 2.08. The molecule has 0 unspecified atom stereocenters. The highest BCUT2D eigenvalue weighted by molar-refractivity contribution is 5.43. The largest absolute Gasteiger partial charge is 0.508 e. The van der Waals surface area contributed by atoms with Crippen LogP contribution in [0.3, 0.4) is 0 Å². The van der Waals surface area contributed by atoms with Gasteiger partial charge >= 0.3 is 0 Å². The second-order valence-electron chi connectivity index (χ2n) is 4.17. The van der Waals surface area contributed by atoms with Crippen molar-refractivity contribution in [2.24, 2.45) is 0 Å². The number of nitrogens with zero attached hydrogens (tertiary/aromatic N) is 2. The number of anilines is 1. The standard InChI is InChI=1S/C11H12N4O/c12-10-13-9(14-15-10)11(4-5-11)7-2-1-3-8(16)6-7/h1-3,6,16H,4-5H2,(H3,12,13,14,15). The van der Waals surface area contributed by atoms with Crippen LogP contribution in [0.4, 0.5) is 5.95 Å². The first-order chi connectivity index (χ1) is 7.71. The Morgan fingerprint density at radius 3 is 2.75 bits per heavy atom. The highest BCUT2D eigenvalue weighted by Gasteiger charge is 2.48. The minimum atomic E-state index is -0.122. The van der Waals surface area contributed by atoms with E-state index in [0.29, 0.717) is 0 Å². The first-order valence-electron chi connectivity index (χ1n) is 5.19. The van der Waals surface area contributed by atoms with E-state index in [4.69, 9.17) is 5.73 Å². The zero-order valence-corrected chi connectivity index (χ0v) is 8.64. The van der Waals surface area contributed by atoms with E-state index < -0.39 is 0 Å². The lowest BCUT2D eigenvalue weighted by molar-refractivity contribution is 0.474. The Labute approximate surface area is 92.3 Å². The summed E-state index contributed by atoms with van der Waals surface area (Å²) in [5.74, 6) is 1.33. The van der Waals surface area contributed by atoms with Gasteiger partial charge in [-0.05, 0) is 30.5 Å². The number of phenols is 1. The smallest absolute Gasteiger partial charge is 0.239 e. The number of hydrogen-bond donors (Lipinski definition) is 3. The number of phenolic OH excluding ortho intramolecular Hbond substituents is 1. The number of aromatic hydroxyl groups is 1. The van der Waals surface area contributed by atoms with Crippen molar-refractivity contribution >= 4 is 5.95 Å². The highest BCUT2D eigenvalue weighted by Crippen LogP contribution is 2.52. The molecule has 1 saturated carbocycles. The summed E-state index contributed by atoms with van der Waals surface area (Å²) in [5.41, 5.74) is 6.45. The summed E-state index contributed by atoms with van der Waals surface area (Å²) in [6.45, 7) is 0. The number of aromatic nitrogens is 3. The molecule has 0 atom stereocenters. The molecule has 0 spiro atoms. The van der Waals surface area contributed by atoms with Crippen LogP contribution in [0.25, 0.3) is 0 Å². The number of nitrogen functional groups attached to an aromatic ring is 1. The minimum absolute atomic E-state index is 0.122. The first-order valence-corrected chi connectivity index (χ1v) is 5.19. The number of nitrogens with two attached hydrogens (primary N) is 1. The number of hydrogen-bond acceptors (Lipinski definition) is 4. The Hall–Kier alpha value is -2.04. The van der Waals surface area contributed by atoms with Crippen LogP contribution in [0.15, 0.2) is 24.3 Å². The molecule has 0 saturated heterocycles. The molecule has 4 N–H and O–H groups in total. The van der Waals surface area contributed by atoms with Gasteiger partial charge in [0.2, 0.25) is 5.95 Å². The van der Waals surface area contributed by atoms with Gasteiger partial charge in [-0.15, -0.1) is 5.10 Å². The van der Waals surface area contributed by atoms with Gasteiger partial charge in [-0.25, -0.2) is 0 Å². The Morgan fingerprint density at radius 1 is 1.38 bits per heavy atom. The fraction of sp³-hybridized carbons (Fsp3) is 0.273. The molecule has 1 aliphatic carbocycles. The quantitative estimate of drug-likeness (QED) is 0.703. The van der Waals surface area contributed by atoms with E-state index in [-0.39, 0.29) is 17.1 Å². The van der Waals surface area contributed by atoms with Gasteiger partial charge in [-0.1, -0.05) is 12.1 Å². The third-order valence-electron chi connectivity index (χ3n) is 3.10. The molecule has 1 aromatic carbocycles. The van der Waals surface area contributed by atoms with Gasteiger partial charge in [0.15, 0.2) is 0 Å². The van der Waals surface area contributed by atoms with Crippen LogP contribution in [0.5, 0.6) is 5.75 Å². The third kappa shape index (κ3) is 1.25. The normalized spacial score (nSPS) is 17.2. The third-order valence-corrected chi connectivity index (χ3v) is 3.10. The van der Waals surface area contributed by atoms with Gasteiger partial charge < -0.3 is 10.8 Å². The Kier molecular flexibility index (Phi) is 1.71. The molecule has 3 rings (SSSR count). The molecule has 1 aliphatic rings. The van der Waals surface area contributed by atoms with Gasteiger partial charge in [0.05, 0.1) is 5.41 Å². The van der Waals surface area contributed by atoms with Crippen molar-refractivity contribution in [1.82, 2.24) is 15.2 Å². The van der Waals surface area contributed by atoms with Gasteiger partial charge in [-0.2, -0.15) is 4.98 Å². The van der Waals surface area contributed by atoms with E-state index in [1.807, 2.05) is 12.1 Å². The molecule has 1 heterocycles. The molecule has 1 aromatic heterocycles. The maximum absolute atomic E-state index is 9.49. The Morgan fingerprint density at radius 2 is 2.19 bits per heavy atom. The summed E-state index contributed by atoms with van der Waals surface area (Å²) in [7, 11) is 0. The molecule has 0 amide bonds. The van der Waals surface area contributed by atoms with E-state index in [1.54, 1.807) is 12.1 Å². The minimum Gasteiger partial charge on any atom is -0.508 e. The van der Waals surface area contributed by atoms with Crippen molar-refractivity contribution in [3.63, 3.8) is 0 Å². The van der Waals surface area contributed by atoms with E-state index in [1.165, 1.54) is 0 Å². The molecule has 82 valence electrons. The molecule has 0 bridgehead atoms. The predicted octanol–water partition coefficient (Wildman–Crippen LogP) is 1.17. The van der Waals surface area contributed by atoms with Crippen LogP contribution in [-0.2, 0) is 5.41 Å². The van der Waals surface area contributed by atoms with Gasteiger partial charge in [-0.3, -0.25) is 5.10 Å². The zero-order chi connectivity index (χ0) is 11.2. The van der Waals surface area contributed by atoms with Crippen LogP contribution in [0.1, 0.15) is 24.2 Å². The summed E-state index contributed by atoms with van der Waals surface area (Å²) in [5, 5.41) is 16.2. The van der Waals surface area contributed by atoms with Crippen LogP contribution in [0, 0.1) is 0 Å².